The molecular formula is C26H26Cl2N2O3. The zero-order valence-electron chi connectivity index (χ0n) is 18.9. The Labute approximate surface area is 204 Å². The second-order valence-corrected chi connectivity index (χ2v) is 9.53. The number of ether oxygens (including phenoxy) is 1. The molecule has 0 aliphatic heterocycles. The first-order valence-corrected chi connectivity index (χ1v) is 11.2. The van der Waals surface area contributed by atoms with Gasteiger partial charge in [0, 0.05) is 22.0 Å². The maximum absolute atomic E-state index is 12.5. The van der Waals surface area contributed by atoms with Gasteiger partial charge in [-0.3, -0.25) is 9.59 Å². The molecule has 1 atom stereocenters. The van der Waals surface area contributed by atoms with E-state index in [1.54, 1.807) is 49.4 Å². The van der Waals surface area contributed by atoms with Crippen molar-refractivity contribution in [3.63, 3.8) is 0 Å². The van der Waals surface area contributed by atoms with Gasteiger partial charge >= 0.3 is 0 Å². The zero-order chi connectivity index (χ0) is 24.2. The van der Waals surface area contributed by atoms with Gasteiger partial charge < -0.3 is 15.4 Å². The van der Waals surface area contributed by atoms with Crippen LogP contribution in [0.15, 0.2) is 66.7 Å². The summed E-state index contributed by atoms with van der Waals surface area (Å²) in [4.78, 5) is 25.0. The number of anilines is 2. The van der Waals surface area contributed by atoms with Gasteiger partial charge in [-0.15, -0.1) is 0 Å². The highest BCUT2D eigenvalue weighted by Crippen LogP contribution is 2.28. The molecule has 0 bridgehead atoms. The predicted molar refractivity (Wildman–Crippen MR) is 135 cm³/mol. The number of benzene rings is 3. The molecule has 0 aromatic heterocycles. The molecule has 3 aromatic carbocycles. The highest BCUT2D eigenvalue weighted by Gasteiger charge is 2.17. The SMILES string of the molecule is C[C@H](Oc1ccc(Cl)cc1Cl)C(=O)Nc1ccc(NC(=O)c2ccc(C(C)(C)C)cc2)cc1. The molecule has 0 aliphatic carbocycles. The van der Waals surface area contributed by atoms with Crippen LogP contribution in [-0.2, 0) is 10.2 Å². The smallest absolute Gasteiger partial charge is 0.265 e. The summed E-state index contributed by atoms with van der Waals surface area (Å²) in [6.07, 6.45) is -0.779. The lowest BCUT2D eigenvalue weighted by molar-refractivity contribution is -0.122. The van der Waals surface area contributed by atoms with Crippen LogP contribution in [-0.4, -0.2) is 17.9 Å². The van der Waals surface area contributed by atoms with Gasteiger partial charge in [0.1, 0.15) is 5.75 Å². The van der Waals surface area contributed by atoms with E-state index in [1.807, 2.05) is 24.3 Å². The number of carbonyl (C=O) groups is 2. The van der Waals surface area contributed by atoms with E-state index in [4.69, 9.17) is 27.9 Å². The van der Waals surface area contributed by atoms with Gasteiger partial charge in [0.25, 0.3) is 11.8 Å². The maximum atomic E-state index is 12.5. The van der Waals surface area contributed by atoms with E-state index < -0.39 is 6.10 Å². The Morgan fingerprint density at radius 3 is 1.97 bits per heavy atom. The Balaban J connectivity index is 1.57. The molecule has 33 heavy (non-hydrogen) atoms. The summed E-state index contributed by atoms with van der Waals surface area (Å²) < 4.78 is 5.63. The van der Waals surface area contributed by atoms with Gasteiger partial charge in [0.2, 0.25) is 0 Å². The molecule has 0 aliphatic rings. The normalized spacial score (nSPS) is 12.1. The van der Waals surface area contributed by atoms with Crippen molar-refractivity contribution in [2.24, 2.45) is 0 Å². The van der Waals surface area contributed by atoms with Crippen LogP contribution in [0.2, 0.25) is 10.0 Å². The minimum Gasteiger partial charge on any atom is -0.479 e. The molecule has 2 amide bonds. The summed E-state index contributed by atoms with van der Waals surface area (Å²) in [7, 11) is 0. The van der Waals surface area contributed by atoms with E-state index in [-0.39, 0.29) is 17.2 Å². The first-order valence-electron chi connectivity index (χ1n) is 10.5. The first kappa shape index (κ1) is 24.6. The number of rotatable bonds is 6. The van der Waals surface area contributed by atoms with Crippen molar-refractivity contribution >= 4 is 46.4 Å². The van der Waals surface area contributed by atoms with E-state index in [9.17, 15) is 9.59 Å². The third-order valence-corrected chi connectivity index (χ3v) is 5.52. The number of halogens is 2. The van der Waals surface area contributed by atoms with Crippen LogP contribution < -0.4 is 15.4 Å². The van der Waals surface area contributed by atoms with Crippen LogP contribution >= 0.6 is 23.2 Å². The van der Waals surface area contributed by atoms with Gasteiger partial charge in [-0.1, -0.05) is 56.1 Å². The van der Waals surface area contributed by atoms with Crippen molar-refractivity contribution in [1.29, 1.82) is 0 Å². The van der Waals surface area contributed by atoms with Crippen LogP contribution in [0.1, 0.15) is 43.6 Å². The standard InChI is InChI=1S/C26H26Cl2N2O3/c1-16(33-23-14-9-19(27)15-22(23)28)24(31)29-20-10-12-21(13-11-20)30-25(32)17-5-7-18(8-6-17)26(2,3)4/h5-16H,1-4H3,(H,29,31)(H,30,32)/t16-/m0/s1. The van der Waals surface area contributed by atoms with Crippen molar-refractivity contribution in [1.82, 2.24) is 0 Å². The topological polar surface area (TPSA) is 67.4 Å². The van der Waals surface area contributed by atoms with E-state index in [0.29, 0.717) is 32.7 Å². The Kier molecular flexibility index (Phi) is 7.67. The number of carbonyl (C=O) groups excluding carboxylic acids is 2. The number of hydrogen-bond donors (Lipinski definition) is 2. The van der Waals surface area contributed by atoms with Gasteiger partial charge in [-0.25, -0.2) is 0 Å². The van der Waals surface area contributed by atoms with Crippen LogP contribution in [0.5, 0.6) is 5.75 Å². The molecule has 0 heterocycles. The Morgan fingerprint density at radius 2 is 1.42 bits per heavy atom. The monoisotopic (exact) mass is 484 g/mol. The molecule has 0 saturated carbocycles. The van der Waals surface area contributed by atoms with Gasteiger partial charge in [0.15, 0.2) is 6.10 Å². The first-order chi connectivity index (χ1) is 15.5. The predicted octanol–water partition coefficient (Wildman–Crippen LogP) is 6.95. The quantitative estimate of drug-likeness (QED) is 0.397. The summed E-state index contributed by atoms with van der Waals surface area (Å²) in [5.41, 5.74) is 2.96. The molecule has 172 valence electrons. The molecule has 7 heteroatoms. The molecule has 0 unspecified atom stereocenters. The summed E-state index contributed by atoms with van der Waals surface area (Å²) in [6, 6.07) is 19.2. The number of nitrogens with one attached hydrogen (secondary N) is 2. The van der Waals surface area contributed by atoms with E-state index in [0.717, 1.165) is 5.56 Å². The molecule has 2 N–H and O–H groups in total. The van der Waals surface area contributed by atoms with Crippen molar-refractivity contribution in [3.8, 4) is 5.75 Å². The Hall–Kier alpha value is -3.02. The van der Waals surface area contributed by atoms with E-state index in [1.165, 1.54) is 0 Å². The number of amides is 2. The minimum atomic E-state index is -0.779. The molecule has 0 spiro atoms. The van der Waals surface area contributed by atoms with Gasteiger partial charge in [0.05, 0.1) is 5.02 Å². The van der Waals surface area contributed by atoms with Crippen LogP contribution in [0.4, 0.5) is 11.4 Å². The molecule has 3 rings (SSSR count). The summed E-state index contributed by atoms with van der Waals surface area (Å²) in [5, 5.41) is 6.45. The lowest BCUT2D eigenvalue weighted by atomic mass is 9.87. The lowest BCUT2D eigenvalue weighted by Gasteiger charge is -2.19. The van der Waals surface area contributed by atoms with E-state index in [2.05, 4.69) is 31.4 Å². The van der Waals surface area contributed by atoms with Crippen molar-refractivity contribution < 1.29 is 14.3 Å². The zero-order valence-corrected chi connectivity index (χ0v) is 20.4. The third kappa shape index (κ3) is 6.73. The Morgan fingerprint density at radius 1 is 0.848 bits per heavy atom. The largest absolute Gasteiger partial charge is 0.479 e. The van der Waals surface area contributed by atoms with E-state index >= 15 is 0 Å². The van der Waals surface area contributed by atoms with Crippen LogP contribution in [0.25, 0.3) is 0 Å². The van der Waals surface area contributed by atoms with Crippen LogP contribution in [0.3, 0.4) is 0 Å². The summed E-state index contributed by atoms with van der Waals surface area (Å²) in [6.45, 7) is 8.01. The van der Waals surface area contributed by atoms with Crippen molar-refractivity contribution in [2.75, 3.05) is 10.6 Å². The molecule has 3 aromatic rings. The average molecular weight is 485 g/mol. The maximum Gasteiger partial charge on any atom is 0.265 e. The van der Waals surface area contributed by atoms with Crippen molar-refractivity contribution in [2.45, 2.75) is 39.2 Å². The lowest BCUT2D eigenvalue weighted by Crippen LogP contribution is -2.30. The highest BCUT2D eigenvalue weighted by molar-refractivity contribution is 6.35. The third-order valence-electron chi connectivity index (χ3n) is 4.99. The van der Waals surface area contributed by atoms with Crippen molar-refractivity contribution in [3.05, 3.63) is 87.9 Å². The molecule has 0 fully saturated rings. The second kappa shape index (κ2) is 10.3. The summed E-state index contributed by atoms with van der Waals surface area (Å²) in [5.74, 6) is -0.164. The fourth-order valence-corrected chi connectivity index (χ4v) is 3.47. The van der Waals surface area contributed by atoms with Gasteiger partial charge in [-0.05, 0) is 72.5 Å². The van der Waals surface area contributed by atoms with Crippen LogP contribution in [0, 0.1) is 0 Å². The minimum absolute atomic E-state index is 0.0267. The molecule has 0 radical (unpaired) electrons. The fourth-order valence-electron chi connectivity index (χ4n) is 3.02. The fraction of sp³-hybridized carbons (Fsp3) is 0.231. The molecular weight excluding hydrogens is 459 g/mol. The molecule has 0 saturated heterocycles. The average Bonchev–Trinajstić information content (AvgIpc) is 2.76. The number of hydrogen-bond acceptors (Lipinski definition) is 3. The second-order valence-electron chi connectivity index (χ2n) is 8.68. The summed E-state index contributed by atoms with van der Waals surface area (Å²) >= 11 is 12.0. The Bertz CT molecular complexity index is 1140. The van der Waals surface area contributed by atoms with Gasteiger partial charge in [-0.2, -0.15) is 0 Å². The molecule has 5 nitrogen and oxygen atoms in total. The highest BCUT2D eigenvalue weighted by atomic mass is 35.5.